The molecule has 0 spiro atoms. The standard InChI is InChI=1S/C3H7O2P.Zn/c1-2-3-6(4)5;/h2-3H2,1H3;/p+1. The molecule has 1 N–H and O–H groups in total. The first-order valence-electron chi connectivity index (χ1n) is 1.91. The van der Waals surface area contributed by atoms with Crippen molar-refractivity contribution in [3.05, 3.63) is 0 Å². The predicted octanol–water partition coefficient (Wildman–Crippen LogP) is 1.13. The second-order valence-corrected chi connectivity index (χ2v) is 2.23. The molecule has 0 saturated heterocycles. The van der Waals surface area contributed by atoms with E-state index in [4.69, 9.17) is 4.89 Å². The third-order valence-electron chi connectivity index (χ3n) is 0.415. The van der Waals surface area contributed by atoms with Gasteiger partial charge < -0.3 is 0 Å². The molecule has 38 valence electrons. The molecule has 0 saturated carbocycles. The van der Waals surface area contributed by atoms with Crippen LogP contribution in [0.25, 0.3) is 0 Å². The van der Waals surface area contributed by atoms with Gasteiger partial charge in [0.25, 0.3) is 0 Å². The minimum atomic E-state index is -1.85. The zero-order chi connectivity index (χ0) is 4.99. The van der Waals surface area contributed by atoms with Gasteiger partial charge in [-0.2, -0.15) is 4.89 Å². The molecule has 0 aliphatic rings. The molecule has 0 amide bonds. The molecule has 7 heavy (non-hydrogen) atoms. The van der Waals surface area contributed by atoms with E-state index in [0.717, 1.165) is 6.42 Å². The van der Waals surface area contributed by atoms with Gasteiger partial charge in [-0.1, -0.05) is 6.92 Å². The van der Waals surface area contributed by atoms with E-state index in [1.54, 1.807) is 0 Å². The van der Waals surface area contributed by atoms with E-state index in [2.05, 4.69) is 0 Å². The molecule has 0 fully saturated rings. The molecule has 0 aliphatic carbocycles. The maximum atomic E-state index is 9.75. The topological polar surface area (TPSA) is 37.3 Å². The molecule has 0 rings (SSSR count). The van der Waals surface area contributed by atoms with Gasteiger partial charge in [-0.3, -0.25) is 0 Å². The van der Waals surface area contributed by atoms with Crippen LogP contribution in [0.1, 0.15) is 13.3 Å². The van der Waals surface area contributed by atoms with Crippen LogP contribution in [-0.2, 0) is 24.0 Å². The van der Waals surface area contributed by atoms with E-state index in [-0.39, 0.29) is 19.5 Å². The number of rotatable bonds is 2. The number of hydrogen-bond donors (Lipinski definition) is 1. The second kappa shape index (κ2) is 6.68. The van der Waals surface area contributed by atoms with Crippen molar-refractivity contribution in [2.24, 2.45) is 0 Å². The largest absolute Gasteiger partial charge is 0.505 e. The van der Waals surface area contributed by atoms with Gasteiger partial charge in [0, 0.05) is 19.5 Å². The minimum absolute atomic E-state index is 0. The Kier molecular flexibility index (Phi) is 10.1. The van der Waals surface area contributed by atoms with Crippen LogP contribution in [0.2, 0.25) is 0 Å². The Labute approximate surface area is 56.9 Å². The fourth-order valence-electron chi connectivity index (χ4n) is 0.191. The van der Waals surface area contributed by atoms with E-state index < -0.39 is 8.03 Å². The van der Waals surface area contributed by atoms with Crippen LogP contribution >= 0.6 is 8.03 Å². The van der Waals surface area contributed by atoms with Crippen LogP contribution < -0.4 is 0 Å². The molecule has 0 radical (unpaired) electrons. The third-order valence-corrected chi connectivity index (χ3v) is 1.24. The van der Waals surface area contributed by atoms with Crippen molar-refractivity contribution >= 4 is 8.03 Å². The van der Waals surface area contributed by atoms with Crippen LogP contribution in [0.3, 0.4) is 0 Å². The molecule has 1 unspecified atom stereocenters. The Morgan fingerprint density at radius 1 is 1.71 bits per heavy atom. The van der Waals surface area contributed by atoms with E-state index in [1.165, 1.54) is 0 Å². The first-order valence-corrected chi connectivity index (χ1v) is 3.30. The predicted molar refractivity (Wildman–Crippen MR) is 25.0 cm³/mol. The summed E-state index contributed by atoms with van der Waals surface area (Å²) in [5.74, 6) is 0. The van der Waals surface area contributed by atoms with Crippen LogP contribution in [0, 0.1) is 0 Å². The van der Waals surface area contributed by atoms with Crippen molar-refractivity contribution in [3.63, 3.8) is 0 Å². The summed E-state index contributed by atoms with van der Waals surface area (Å²) >= 11 is 0. The minimum Gasteiger partial charge on any atom is -0.161 e. The van der Waals surface area contributed by atoms with Gasteiger partial charge in [-0.25, -0.2) is 0 Å². The monoisotopic (exact) mass is 171 g/mol. The van der Waals surface area contributed by atoms with Crippen molar-refractivity contribution in [1.29, 1.82) is 0 Å². The van der Waals surface area contributed by atoms with E-state index in [0.29, 0.717) is 6.16 Å². The van der Waals surface area contributed by atoms with Gasteiger partial charge >= 0.3 is 8.03 Å². The summed E-state index contributed by atoms with van der Waals surface area (Å²) in [7, 11) is -1.85. The zero-order valence-electron chi connectivity index (χ0n) is 4.42. The molecule has 0 aromatic carbocycles. The van der Waals surface area contributed by atoms with Gasteiger partial charge in [0.2, 0.25) is 0 Å². The summed E-state index contributed by atoms with van der Waals surface area (Å²) in [4.78, 5) is 8.06. The van der Waals surface area contributed by atoms with Crippen molar-refractivity contribution in [1.82, 2.24) is 0 Å². The van der Waals surface area contributed by atoms with Gasteiger partial charge in [-0.15, -0.1) is 0 Å². The van der Waals surface area contributed by atoms with Crippen LogP contribution in [-0.4, -0.2) is 11.1 Å². The van der Waals surface area contributed by atoms with Crippen LogP contribution in [0.15, 0.2) is 0 Å². The molecule has 0 bridgehead atoms. The van der Waals surface area contributed by atoms with Crippen molar-refractivity contribution < 1.29 is 28.9 Å². The van der Waals surface area contributed by atoms with Crippen LogP contribution in [0.4, 0.5) is 0 Å². The van der Waals surface area contributed by atoms with E-state index in [9.17, 15) is 4.57 Å². The first-order chi connectivity index (χ1) is 2.77. The van der Waals surface area contributed by atoms with Crippen LogP contribution in [0.5, 0.6) is 0 Å². The van der Waals surface area contributed by atoms with E-state index >= 15 is 0 Å². The molecule has 2 nitrogen and oxygen atoms in total. The maximum absolute atomic E-state index is 9.75. The Morgan fingerprint density at radius 3 is 2.14 bits per heavy atom. The van der Waals surface area contributed by atoms with Gasteiger partial charge in [0.05, 0.1) is 0 Å². The summed E-state index contributed by atoms with van der Waals surface area (Å²) in [6.45, 7) is 1.88. The zero-order valence-corrected chi connectivity index (χ0v) is 8.29. The molecule has 0 aromatic rings. The van der Waals surface area contributed by atoms with Crippen molar-refractivity contribution in [2.45, 2.75) is 13.3 Å². The molecular weight excluding hydrogens is 164 g/mol. The maximum Gasteiger partial charge on any atom is 0.505 e. The molecule has 0 heterocycles. The van der Waals surface area contributed by atoms with Crippen molar-refractivity contribution in [2.75, 3.05) is 6.16 Å². The Hall–Kier alpha value is 0.683. The third kappa shape index (κ3) is 10.8. The smallest absolute Gasteiger partial charge is 0.161 e. The molecular formula is C3H8O2PZn+. The summed E-state index contributed by atoms with van der Waals surface area (Å²) in [5.41, 5.74) is 0. The van der Waals surface area contributed by atoms with Gasteiger partial charge in [0.15, 0.2) is 6.16 Å². The fraction of sp³-hybridized carbons (Fsp3) is 1.00. The fourth-order valence-corrected chi connectivity index (χ4v) is 0.574. The van der Waals surface area contributed by atoms with Crippen molar-refractivity contribution in [3.8, 4) is 0 Å². The molecule has 1 atom stereocenters. The molecule has 4 heteroatoms. The Morgan fingerprint density at radius 2 is 2.14 bits per heavy atom. The van der Waals surface area contributed by atoms with E-state index in [1.807, 2.05) is 6.92 Å². The summed E-state index contributed by atoms with van der Waals surface area (Å²) in [5, 5.41) is 0. The quantitative estimate of drug-likeness (QED) is 0.501. The Bertz CT molecular complexity index is 56.9. The average Bonchev–Trinajstić information content (AvgIpc) is 1.35. The SMILES string of the molecule is CCC[P+](=O)O.[Zn]. The van der Waals surface area contributed by atoms with Gasteiger partial charge in [-0.05, 0) is 11.0 Å². The average molecular weight is 172 g/mol. The summed E-state index contributed by atoms with van der Waals surface area (Å²) in [6, 6.07) is 0. The Balaban J connectivity index is 0. The molecule has 0 aromatic heterocycles. The summed E-state index contributed by atoms with van der Waals surface area (Å²) < 4.78 is 9.75. The first kappa shape index (κ1) is 10.6. The number of hydrogen-bond acceptors (Lipinski definition) is 1. The summed E-state index contributed by atoms with van der Waals surface area (Å²) in [6.07, 6.45) is 1.24. The van der Waals surface area contributed by atoms with Gasteiger partial charge in [0.1, 0.15) is 0 Å². The second-order valence-electron chi connectivity index (χ2n) is 1.08. The molecule has 0 aliphatic heterocycles. The normalized spacial score (nSPS) is 9.71.